The highest BCUT2D eigenvalue weighted by molar-refractivity contribution is 5.71. The first kappa shape index (κ1) is 13.3. The van der Waals surface area contributed by atoms with Crippen LogP contribution in [0, 0.1) is 5.92 Å². The molecule has 1 aromatic rings. The molecule has 0 saturated carbocycles. The van der Waals surface area contributed by atoms with Crippen molar-refractivity contribution >= 4 is 5.97 Å². The molecule has 0 aromatic heterocycles. The van der Waals surface area contributed by atoms with E-state index in [1.54, 1.807) is 26.0 Å². The Labute approximate surface area is 89.1 Å². The van der Waals surface area contributed by atoms with E-state index >= 15 is 0 Å². The molecule has 0 saturated heterocycles. The summed E-state index contributed by atoms with van der Waals surface area (Å²) in [5.74, 6) is -0.301. The Bertz CT molecular complexity index is 286. The summed E-state index contributed by atoms with van der Waals surface area (Å²) in [6.45, 7) is 3.59. The molecular formula is C11H16O4. The van der Waals surface area contributed by atoms with Gasteiger partial charge < -0.3 is 14.9 Å². The highest BCUT2D eigenvalue weighted by atomic mass is 16.5. The Morgan fingerprint density at radius 1 is 1.20 bits per heavy atom. The fourth-order valence-corrected chi connectivity index (χ4v) is 0.700. The first-order valence-electron chi connectivity index (χ1n) is 4.53. The first-order valence-corrected chi connectivity index (χ1v) is 4.53. The maximum Gasteiger partial charge on any atom is 0.308 e. The number of hydrogen-bond acceptors (Lipinski definition) is 4. The van der Waals surface area contributed by atoms with Gasteiger partial charge in [0.05, 0.1) is 13.0 Å². The van der Waals surface area contributed by atoms with E-state index in [0.29, 0.717) is 0 Å². The predicted octanol–water partition coefficient (Wildman–Crippen LogP) is 1.91. The van der Waals surface area contributed by atoms with Crippen molar-refractivity contribution < 1.29 is 19.7 Å². The van der Waals surface area contributed by atoms with Gasteiger partial charge in [-0.1, -0.05) is 26.0 Å². The van der Waals surface area contributed by atoms with Gasteiger partial charge in [0.25, 0.3) is 0 Å². The minimum Gasteiger partial charge on any atom is -0.504 e. The number of ether oxygens (including phenoxy) is 1. The molecule has 0 aliphatic heterocycles. The van der Waals surface area contributed by atoms with Crippen LogP contribution in [0.25, 0.3) is 0 Å². The zero-order valence-corrected chi connectivity index (χ0v) is 9.10. The smallest absolute Gasteiger partial charge is 0.308 e. The molecule has 0 radical (unpaired) electrons. The number of benzene rings is 1. The Morgan fingerprint density at radius 2 is 1.60 bits per heavy atom. The molecule has 0 bridgehead atoms. The summed E-state index contributed by atoms with van der Waals surface area (Å²) in [5, 5.41) is 17.3. The summed E-state index contributed by atoms with van der Waals surface area (Å²) in [5.41, 5.74) is 0. The summed E-state index contributed by atoms with van der Waals surface area (Å²) in [6.07, 6.45) is 0. The van der Waals surface area contributed by atoms with Crippen LogP contribution in [0.2, 0.25) is 0 Å². The summed E-state index contributed by atoms with van der Waals surface area (Å²) in [6, 6.07) is 6.15. The number of phenols is 2. The number of carbonyl (C=O) groups is 1. The van der Waals surface area contributed by atoms with Crippen molar-refractivity contribution in [3.63, 3.8) is 0 Å². The second kappa shape index (κ2) is 6.70. The predicted molar refractivity (Wildman–Crippen MR) is 56.6 cm³/mol. The Balaban J connectivity index is 0.000000265. The number of rotatable bonds is 1. The lowest BCUT2D eigenvalue weighted by atomic mass is 10.2. The molecule has 4 heteroatoms. The third kappa shape index (κ3) is 5.57. The average molecular weight is 212 g/mol. The Kier molecular flexibility index (Phi) is 5.94. The molecule has 0 heterocycles. The third-order valence-corrected chi connectivity index (χ3v) is 1.55. The van der Waals surface area contributed by atoms with E-state index in [9.17, 15) is 4.79 Å². The van der Waals surface area contributed by atoms with Crippen LogP contribution >= 0.6 is 0 Å². The van der Waals surface area contributed by atoms with Crippen molar-refractivity contribution in [1.29, 1.82) is 0 Å². The highest BCUT2D eigenvalue weighted by Gasteiger charge is 2.03. The van der Waals surface area contributed by atoms with Crippen molar-refractivity contribution in [1.82, 2.24) is 0 Å². The van der Waals surface area contributed by atoms with Crippen LogP contribution < -0.4 is 0 Å². The van der Waals surface area contributed by atoms with E-state index < -0.39 is 0 Å². The van der Waals surface area contributed by atoms with Crippen LogP contribution in [0.5, 0.6) is 11.5 Å². The van der Waals surface area contributed by atoms with Gasteiger partial charge in [-0.2, -0.15) is 0 Å². The van der Waals surface area contributed by atoms with Crippen molar-refractivity contribution in [2.75, 3.05) is 7.11 Å². The highest BCUT2D eigenvalue weighted by Crippen LogP contribution is 2.21. The topological polar surface area (TPSA) is 66.8 Å². The summed E-state index contributed by atoms with van der Waals surface area (Å²) < 4.78 is 4.37. The average Bonchev–Trinajstić information content (AvgIpc) is 2.22. The normalized spacial score (nSPS) is 9.07. The van der Waals surface area contributed by atoms with Gasteiger partial charge in [-0.3, -0.25) is 4.79 Å². The van der Waals surface area contributed by atoms with Gasteiger partial charge in [0.15, 0.2) is 11.5 Å². The Morgan fingerprint density at radius 3 is 1.73 bits per heavy atom. The lowest BCUT2D eigenvalue weighted by Crippen LogP contribution is -2.07. The third-order valence-electron chi connectivity index (χ3n) is 1.55. The molecule has 0 atom stereocenters. The van der Waals surface area contributed by atoms with Crippen LogP contribution in [0.15, 0.2) is 24.3 Å². The maximum atomic E-state index is 10.3. The molecule has 0 spiro atoms. The second-order valence-electron chi connectivity index (χ2n) is 3.17. The van der Waals surface area contributed by atoms with Gasteiger partial charge in [0.1, 0.15) is 0 Å². The van der Waals surface area contributed by atoms with E-state index in [4.69, 9.17) is 10.2 Å². The SMILES string of the molecule is COC(=O)C(C)C.Oc1ccccc1O. The van der Waals surface area contributed by atoms with Gasteiger partial charge in [-0.25, -0.2) is 0 Å². The van der Waals surface area contributed by atoms with E-state index in [-0.39, 0.29) is 23.4 Å². The molecule has 0 aliphatic carbocycles. The number of aromatic hydroxyl groups is 2. The molecule has 4 nitrogen and oxygen atoms in total. The quantitative estimate of drug-likeness (QED) is 0.551. The minimum absolute atomic E-state index is 0.00463. The molecule has 1 rings (SSSR count). The fourth-order valence-electron chi connectivity index (χ4n) is 0.700. The van der Waals surface area contributed by atoms with Crippen LogP contribution in [-0.4, -0.2) is 23.3 Å². The van der Waals surface area contributed by atoms with Crippen LogP contribution in [-0.2, 0) is 9.53 Å². The van der Waals surface area contributed by atoms with Gasteiger partial charge >= 0.3 is 5.97 Å². The largest absolute Gasteiger partial charge is 0.504 e. The summed E-state index contributed by atoms with van der Waals surface area (Å²) in [4.78, 5) is 10.3. The summed E-state index contributed by atoms with van der Waals surface area (Å²) in [7, 11) is 1.39. The zero-order chi connectivity index (χ0) is 11.8. The molecule has 0 amide bonds. The molecule has 0 unspecified atom stereocenters. The van der Waals surface area contributed by atoms with Crippen LogP contribution in [0.3, 0.4) is 0 Å². The van der Waals surface area contributed by atoms with E-state index in [2.05, 4.69) is 4.74 Å². The fraction of sp³-hybridized carbons (Fsp3) is 0.364. The van der Waals surface area contributed by atoms with Crippen LogP contribution in [0.1, 0.15) is 13.8 Å². The first-order chi connectivity index (χ1) is 6.99. The molecule has 0 aliphatic rings. The number of methoxy groups -OCH3 is 1. The van der Waals surface area contributed by atoms with Crippen molar-refractivity contribution in [3.05, 3.63) is 24.3 Å². The zero-order valence-electron chi connectivity index (χ0n) is 9.10. The molecule has 1 aromatic carbocycles. The standard InChI is InChI=1S/C6H6O2.C5H10O2/c7-5-3-1-2-4-6(5)8;1-4(2)5(6)7-3/h1-4,7-8H;4H,1-3H3. The van der Waals surface area contributed by atoms with Gasteiger partial charge in [-0.15, -0.1) is 0 Å². The molecule has 0 fully saturated rings. The number of phenolic OH excluding ortho intramolecular Hbond substituents is 2. The lowest BCUT2D eigenvalue weighted by molar-refractivity contribution is -0.144. The Hall–Kier alpha value is -1.71. The number of hydrogen-bond donors (Lipinski definition) is 2. The van der Waals surface area contributed by atoms with Gasteiger partial charge in [0.2, 0.25) is 0 Å². The minimum atomic E-state index is -0.153. The number of para-hydroxylation sites is 2. The monoisotopic (exact) mass is 212 g/mol. The van der Waals surface area contributed by atoms with E-state index in [0.717, 1.165) is 0 Å². The molecule has 2 N–H and O–H groups in total. The van der Waals surface area contributed by atoms with Crippen LogP contribution in [0.4, 0.5) is 0 Å². The lowest BCUT2D eigenvalue weighted by Gasteiger charge is -1.97. The summed E-state index contributed by atoms with van der Waals surface area (Å²) >= 11 is 0. The van der Waals surface area contributed by atoms with E-state index in [1.807, 2.05) is 0 Å². The second-order valence-corrected chi connectivity index (χ2v) is 3.17. The van der Waals surface area contributed by atoms with Crippen molar-refractivity contribution in [2.45, 2.75) is 13.8 Å². The van der Waals surface area contributed by atoms with Gasteiger partial charge in [-0.05, 0) is 12.1 Å². The number of carbonyl (C=O) groups excluding carboxylic acids is 1. The molecule has 84 valence electrons. The van der Waals surface area contributed by atoms with Crippen molar-refractivity contribution in [2.24, 2.45) is 5.92 Å². The maximum absolute atomic E-state index is 10.3. The van der Waals surface area contributed by atoms with E-state index in [1.165, 1.54) is 19.2 Å². The molecule has 15 heavy (non-hydrogen) atoms. The molecular weight excluding hydrogens is 196 g/mol. The van der Waals surface area contributed by atoms with Crippen molar-refractivity contribution in [3.8, 4) is 11.5 Å². The number of esters is 1. The van der Waals surface area contributed by atoms with Gasteiger partial charge in [0, 0.05) is 0 Å².